The molecule has 1 spiro atoms. The lowest BCUT2D eigenvalue weighted by molar-refractivity contribution is -0.148. The van der Waals surface area contributed by atoms with Gasteiger partial charge in [0, 0.05) is 51.9 Å². The molecule has 0 radical (unpaired) electrons. The number of hydrogen-bond donors (Lipinski definition) is 1. The first-order chi connectivity index (χ1) is 12.1. The third-order valence-electron chi connectivity index (χ3n) is 6.58. The monoisotopic (exact) mass is 417 g/mol. The predicted molar refractivity (Wildman–Crippen MR) is 112 cm³/mol. The highest BCUT2D eigenvalue weighted by atomic mass is 35.5. The lowest BCUT2D eigenvalue weighted by Crippen LogP contribution is -2.65. The summed E-state index contributed by atoms with van der Waals surface area (Å²) in [5, 5.41) is 7.77. The number of hydrogen-bond acceptors (Lipinski definition) is 4. The quantitative estimate of drug-likeness (QED) is 0.799. The fourth-order valence-electron chi connectivity index (χ4n) is 5.28. The number of nitrogens with one attached hydrogen (secondary N) is 1. The standard InChI is InChI=1S/C19H31N5O.2ClH/c1-22-8-9-24(19(14-22)6-4-3-5-7-19)18(25)17-12-20-11-16(17)15-10-21-23(2)13-15;;/h10,13,16-17,20H,3-9,11-12,14H2,1-2H3;2*1H/t16-,17+;;/m1../s1. The molecule has 0 unspecified atom stereocenters. The minimum atomic E-state index is 0. The molecule has 2 saturated heterocycles. The Morgan fingerprint density at radius 1 is 1.15 bits per heavy atom. The Hall–Kier alpha value is -0.820. The molecule has 0 bridgehead atoms. The van der Waals surface area contributed by atoms with E-state index in [2.05, 4.69) is 33.5 Å². The summed E-state index contributed by atoms with van der Waals surface area (Å²) in [6.45, 7) is 4.58. The van der Waals surface area contributed by atoms with Gasteiger partial charge in [-0.2, -0.15) is 5.10 Å². The largest absolute Gasteiger partial charge is 0.334 e. The van der Waals surface area contributed by atoms with Crippen molar-refractivity contribution in [2.75, 3.05) is 39.8 Å². The van der Waals surface area contributed by atoms with Gasteiger partial charge in [0.1, 0.15) is 0 Å². The molecule has 1 amide bonds. The van der Waals surface area contributed by atoms with E-state index in [1.54, 1.807) is 0 Å². The molecule has 154 valence electrons. The van der Waals surface area contributed by atoms with Crippen molar-refractivity contribution < 1.29 is 4.79 Å². The molecule has 3 fully saturated rings. The van der Waals surface area contributed by atoms with Crippen molar-refractivity contribution in [3.63, 3.8) is 0 Å². The maximum Gasteiger partial charge on any atom is 0.228 e. The fourth-order valence-corrected chi connectivity index (χ4v) is 5.28. The summed E-state index contributed by atoms with van der Waals surface area (Å²) in [5.74, 6) is 0.668. The average Bonchev–Trinajstić information content (AvgIpc) is 3.23. The van der Waals surface area contributed by atoms with E-state index in [1.807, 2.05) is 17.9 Å². The second-order valence-electron chi connectivity index (χ2n) is 8.33. The minimum absolute atomic E-state index is 0. The van der Waals surface area contributed by atoms with Crippen LogP contribution in [0.3, 0.4) is 0 Å². The Labute approximate surface area is 174 Å². The number of aryl methyl sites for hydroxylation is 1. The van der Waals surface area contributed by atoms with Crippen molar-refractivity contribution in [3.05, 3.63) is 18.0 Å². The van der Waals surface area contributed by atoms with Gasteiger partial charge >= 0.3 is 0 Å². The maximum absolute atomic E-state index is 13.6. The predicted octanol–water partition coefficient (Wildman–Crippen LogP) is 2.04. The second kappa shape index (κ2) is 9.12. The molecular formula is C19H33Cl2N5O. The molecule has 0 aromatic carbocycles. The molecule has 2 atom stereocenters. The van der Waals surface area contributed by atoms with Gasteiger partial charge in [-0.05, 0) is 25.5 Å². The number of likely N-dealkylation sites (N-methyl/N-ethyl adjacent to an activating group) is 1. The summed E-state index contributed by atoms with van der Waals surface area (Å²) in [6, 6.07) is 0. The zero-order valence-electron chi connectivity index (χ0n) is 16.4. The van der Waals surface area contributed by atoms with Gasteiger partial charge in [-0.1, -0.05) is 19.3 Å². The second-order valence-corrected chi connectivity index (χ2v) is 8.33. The van der Waals surface area contributed by atoms with Crippen LogP contribution in [0.25, 0.3) is 0 Å². The summed E-state index contributed by atoms with van der Waals surface area (Å²) in [5.41, 5.74) is 1.27. The summed E-state index contributed by atoms with van der Waals surface area (Å²) in [6.07, 6.45) is 10.2. The van der Waals surface area contributed by atoms with Crippen molar-refractivity contribution in [3.8, 4) is 0 Å². The summed E-state index contributed by atoms with van der Waals surface area (Å²) in [7, 11) is 4.15. The molecule has 1 aliphatic carbocycles. The zero-order valence-corrected chi connectivity index (χ0v) is 18.0. The Bertz CT molecular complexity index is 631. The Morgan fingerprint density at radius 3 is 2.56 bits per heavy atom. The highest BCUT2D eigenvalue weighted by Gasteiger charge is 2.47. The van der Waals surface area contributed by atoms with Gasteiger partial charge in [0.15, 0.2) is 0 Å². The normalized spacial score (nSPS) is 27.9. The number of aromatic nitrogens is 2. The topological polar surface area (TPSA) is 53.4 Å². The maximum atomic E-state index is 13.6. The van der Waals surface area contributed by atoms with Crippen LogP contribution in [0.2, 0.25) is 0 Å². The molecule has 6 nitrogen and oxygen atoms in total. The number of piperazine rings is 1. The van der Waals surface area contributed by atoms with Crippen LogP contribution in [-0.4, -0.2) is 70.8 Å². The van der Waals surface area contributed by atoms with Crippen LogP contribution in [0, 0.1) is 5.92 Å². The van der Waals surface area contributed by atoms with E-state index in [1.165, 1.54) is 37.7 Å². The molecule has 8 heteroatoms. The van der Waals surface area contributed by atoms with Crippen molar-refractivity contribution in [1.82, 2.24) is 24.9 Å². The molecule has 1 saturated carbocycles. The van der Waals surface area contributed by atoms with E-state index in [0.717, 1.165) is 32.7 Å². The molecule has 27 heavy (non-hydrogen) atoms. The third kappa shape index (κ3) is 4.29. The van der Waals surface area contributed by atoms with Crippen LogP contribution >= 0.6 is 24.8 Å². The molecule has 4 rings (SSSR count). The Balaban J connectivity index is 0.00000131. The number of nitrogens with zero attached hydrogens (tertiary/aromatic N) is 4. The smallest absolute Gasteiger partial charge is 0.228 e. The van der Waals surface area contributed by atoms with Gasteiger partial charge in [-0.15, -0.1) is 24.8 Å². The van der Waals surface area contributed by atoms with Crippen LogP contribution in [0.4, 0.5) is 0 Å². The van der Waals surface area contributed by atoms with Crippen LogP contribution in [-0.2, 0) is 11.8 Å². The van der Waals surface area contributed by atoms with E-state index in [9.17, 15) is 4.79 Å². The van der Waals surface area contributed by atoms with Gasteiger partial charge in [0.2, 0.25) is 5.91 Å². The van der Waals surface area contributed by atoms with E-state index < -0.39 is 0 Å². The molecule has 1 aromatic rings. The van der Waals surface area contributed by atoms with Crippen LogP contribution in [0.1, 0.15) is 43.6 Å². The van der Waals surface area contributed by atoms with Gasteiger partial charge in [-0.25, -0.2) is 0 Å². The zero-order chi connectivity index (χ0) is 17.4. The van der Waals surface area contributed by atoms with Crippen molar-refractivity contribution in [1.29, 1.82) is 0 Å². The number of amides is 1. The molecule has 3 heterocycles. The minimum Gasteiger partial charge on any atom is -0.334 e. The highest BCUT2D eigenvalue weighted by Crippen LogP contribution is 2.39. The Morgan fingerprint density at radius 2 is 1.89 bits per heavy atom. The first-order valence-corrected chi connectivity index (χ1v) is 9.78. The number of rotatable bonds is 2. The molecular weight excluding hydrogens is 385 g/mol. The van der Waals surface area contributed by atoms with E-state index in [-0.39, 0.29) is 42.2 Å². The first kappa shape index (κ1) is 22.5. The van der Waals surface area contributed by atoms with Crippen molar-refractivity contribution in [2.24, 2.45) is 13.0 Å². The number of carbonyl (C=O) groups is 1. The van der Waals surface area contributed by atoms with Gasteiger partial charge in [0.05, 0.1) is 17.7 Å². The van der Waals surface area contributed by atoms with E-state index in [0.29, 0.717) is 5.91 Å². The van der Waals surface area contributed by atoms with Gasteiger partial charge < -0.3 is 15.1 Å². The third-order valence-corrected chi connectivity index (χ3v) is 6.58. The summed E-state index contributed by atoms with van der Waals surface area (Å²) in [4.78, 5) is 18.3. The van der Waals surface area contributed by atoms with Gasteiger partial charge in [-0.3, -0.25) is 9.48 Å². The lowest BCUT2D eigenvalue weighted by Gasteiger charge is -2.53. The average molecular weight is 418 g/mol. The lowest BCUT2D eigenvalue weighted by atomic mass is 9.77. The number of carbonyl (C=O) groups excluding carboxylic acids is 1. The summed E-state index contributed by atoms with van der Waals surface area (Å²) < 4.78 is 1.84. The fraction of sp³-hybridized carbons (Fsp3) is 0.789. The molecule has 1 aromatic heterocycles. The molecule has 3 aliphatic rings. The van der Waals surface area contributed by atoms with Crippen molar-refractivity contribution in [2.45, 2.75) is 43.6 Å². The molecule has 1 N–H and O–H groups in total. The van der Waals surface area contributed by atoms with Gasteiger partial charge in [0.25, 0.3) is 0 Å². The summed E-state index contributed by atoms with van der Waals surface area (Å²) >= 11 is 0. The molecule has 2 aliphatic heterocycles. The Kier molecular flexibility index (Phi) is 7.59. The van der Waals surface area contributed by atoms with E-state index >= 15 is 0 Å². The first-order valence-electron chi connectivity index (χ1n) is 9.78. The van der Waals surface area contributed by atoms with Crippen LogP contribution in [0.15, 0.2) is 12.4 Å². The highest BCUT2D eigenvalue weighted by molar-refractivity contribution is 5.85. The SMILES string of the molecule is CN1CCN(C(=O)[C@H]2CNC[C@@H]2c2cnn(C)c2)C2(CCCCC2)C1.Cl.Cl. The van der Waals surface area contributed by atoms with E-state index in [4.69, 9.17) is 0 Å². The van der Waals surface area contributed by atoms with Crippen molar-refractivity contribution >= 4 is 30.7 Å². The number of halogens is 2. The van der Waals surface area contributed by atoms with Crippen LogP contribution in [0.5, 0.6) is 0 Å². The van der Waals surface area contributed by atoms with Crippen LogP contribution < -0.4 is 5.32 Å².